The Kier molecular flexibility index (Phi) is 7.36. The minimum Gasteiger partial charge on any atom is -0.497 e. The van der Waals surface area contributed by atoms with E-state index in [4.69, 9.17) is 33.2 Å². The molecule has 0 amide bonds. The van der Waals surface area contributed by atoms with Crippen molar-refractivity contribution in [3.05, 3.63) is 82.4 Å². The number of fused-ring (bicyclic) bond motifs is 2. The maximum absolute atomic E-state index is 13.6. The minimum atomic E-state index is -1.98. The van der Waals surface area contributed by atoms with Gasteiger partial charge in [0.2, 0.25) is 6.79 Å². The van der Waals surface area contributed by atoms with Crippen molar-refractivity contribution in [3.8, 4) is 28.7 Å². The fraction of sp³-hybridized carbons (Fsp3) is 0.300. The Morgan fingerprint density at radius 1 is 0.923 bits per heavy atom. The molecule has 3 aromatic rings. The number of methoxy groups -OCH3 is 3. The number of carbonyl (C=O) groups excluding carboxylic acids is 1. The van der Waals surface area contributed by atoms with Crippen molar-refractivity contribution in [2.24, 2.45) is 0 Å². The van der Waals surface area contributed by atoms with Crippen LogP contribution in [0, 0.1) is 0 Å². The smallest absolute Gasteiger partial charge is 0.338 e. The van der Waals surface area contributed by atoms with E-state index < -0.39 is 11.6 Å². The van der Waals surface area contributed by atoms with Crippen LogP contribution in [0.15, 0.2) is 60.2 Å². The lowest BCUT2D eigenvalue weighted by Gasteiger charge is -2.30. The Hall–Kier alpha value is -4.21. The molecule has 9 nitrogen and oxygen atoms in total. The van der Waals surface area contributed by atoms with Gasteiger partial charge >= 0.3 is 5.97 Å². The fourth-order valence-corrected chi connectivity index (χ4v) is 4.95. The molecule has 0 spiro atoms. The first-order chi connectivity index (χ1) is 19.0. The highest BCUT2D eigenvalue weighted by atomic mass is 16.7. The summed E-state index contributed by atoms with van der Waals surface area (Å²) < 4.78 is 38.7. The van der Waals surface area contributed by atoms with E-state index in [1.54, 1.807) is 36.4 Å². The monoisotopic (exact) mass is 534 g/mol. The third kappa shape index (κ3) is 4.53. The van der Waals surface area contributed by atoms with E-state index in [2.05, 4.69) is 0 Å². The number of esters is 1. The molecular formula is C30H30O9. The predicted octanol–water partition coefficient (Wildman–Crippen LogP) is 4.42. The normalized spacial score (nSPS) is 17.2. The van der Waals surface area contributed by atoms with Gasteiger partial charge in [0.15, 0.2) is 23.9 Å². The van der Waals surface area contributed by atoms with Gasteiger partial charge in [-0.15, -0.1) is 0 Å². The Morgan fingerprint density at radius 2 is 1.72 bits per heavy atom. The minimum absolute atomic E-state index is 0.0268. The second kappa shape index (κ2) is 10.9. The number of ether oxygens (including phenoxy) is 7. The molecule has 1 aliphatic heterocycles. The first-order valence-corrected chi connectivity index (χ1v) is 12.5. The molecule has 2 aliphatic rings. The lowest BCUT2D eigenvalue weighted by molar-refractivity contribution is -0.138. The van der Waals surface area contributed by atoms with Crippen molar-refractivity contribution in [1.82, 2.24) is 0 Å². The van der Waals surface area contributed by atoms with Crippen molar-refractivity contribution in [2.45, 2.75) is 18.9 Å². The van der Waals surface area contributed by atoms with Gasteiger partial charge in [-0.3, -0.25) is 0 Å². The largest absolute Gasteiger partial charge is 0.497 e. The van der Waals surface area contributed by atoms with Crippen LogP contribution < -0.4 is 23.7 Å². The zero-order valence-electron chi connectivity index (χ0n) is 22.2. The molecule has 3 aromatic carbocycles. The van der Waals surface area contributed by atoms with E-state index >= 15 is 0 Å². The Bertz CT molecular complexity index is 1430. The number of benzene rings is 3. The summed E-state index contributed by atoms with van der Waals surface area (Å²) >= 11 is 0. The molecule has 0 fully saturated rings. The molecule has 0 bridgehead atoms. The van der Waals surface area contributed by atoms with E-state index in [0.717, 1.165) is 6.42 Å². The van der Waals surface area contributed by atoms with Crippen molar-refractivity contribution in [1.29, 1.82) is 0 Å². The van der Waals surface area contributed by atoms with Crippen LogP contribution in [0.25, 0.3) is 5.57 Å². The predicted molar refractivity (Wildman–Crippen MR) is 141 cm³/mol. The third-order valence-electron chi connectivity index (χ3n) is 6.70. The summed E-state index contributed by atoms with van der Waals surface area (Å²) in [6, 6.07) is 15.8. The van der Waals surface area contributed by atoms with Gasteiger partial charge in [-0.1, -0.05) is 19.1 Å². The van der Waals surface area contributed by atoms with E-state index in [1.165, 1.54) is 21.3 Å². The van der Waals surface area contributed by atoms with Crippen molar-refractivity contribution < 1.29 is 43.1 Å². The van der Waals surface area contributed by atoms with Gasteiger partial charge in [0.25, 0.3) is 0 Å². The Labute approximate surface area is 226 Å². The molecule has 9 heteroatoms. The highest BCUT2D eigenvalue weighted by Gasteiger charge is 2.51. The molecule has 1 atom stereocenters. The van der Waals surface area contributed by atoms with Crippen LogP contribution in [-0.2, 0) is 19.9 Å². The van der Waals surface area contributed by atoms with Crippen LogP contribution in [0.4, 0.5) is 0 Å². The van der Waals surface area contributed by atoms with Crippen LogP contribution in [0.3, 0.4) is 0 Å². The molecule has 1 unspecified atom stereocenters. The summed E-state index contributed by atoms with van der Waals surface area (Å²) in [7, 11) is 4.31. The van der Waals surface area contributed by atoms with Gasteiger partial charge in [0.1, 0.15) is 17.2 Å². The van der Waals surface area contributed by atoms with Crippen LogP contribution in [0.2, 0.25) is 0 Å². The van der Waals surface area contributed by atoms with Gasteiger partial charge in [0, 0.05) is 29.9 Å². The lowest BCUT2D eigenvalue weighted by Crippen LogP contribution is -2.33. The molecule has 5 rings (SSSR count). The fourth-order valence-electron chi connectivity index (χ4n) is 4.95. The van der Waals surface area contributed by atoms with E-state index in [9.17, 15) is 9.90 Å². The maximum Gasteiger partial charge on any atom is 0.338 e. The van der Waals surface area contributed by atoms with Crippen LogP contribution >= 0.6 is 0 Å². The van der Waals surface area contributed by atoms with Crippen LogP contribution in [0.1, 0.15) is 35.6 Å². The first-order valence-electron chi connectivity index (χ1n) is 12.5. The molecule has 1 aliphatic carbocycles. The maximum atomic E-state index is 13.6. The summed E-state index contributed by atoms with van der Waals surface area (Å²) in [5.74, 6) is 1.77. The SMILES string of the molecule is CCCOc1ccc2c(c1)C(O)(c1ccc(OC)cc1OCOC)C(C(=O)OC)=C2c1ccc2c(c1)OCO2. The lowest BCUT2D eigenvalue weighted by atomic mass is 9.82. The third-order valence-corrected chi connectivity index (χ3v) is 6.70. The van der Waals surface area contributed by atoms with Gasteiger partial charge in [-0.2, -0.15) is 0 Å². The first kappa shape index (κ1) is 26.4. The molecule has 0 aromatic heterocycles. The second-order valence-electron chi connectivity index (χ2n) is 8.99. The number of aliphatic hydroxyl groups is 1. The second-order valence-corrected chi connectivity index (χ2v) is 8.99. The van der Waals surface area contributed by atoms with Crippen molar-refractivity contribution in [3.63, 3.8) is 0 Å². The molecule has 1 N–H and O–H groups in total. The van der Waals surface area contributed by atoms with Gasteiger partial charge < -0.3 is 38.3 Å². The zero-order valence-corrected chi connectivity index (χ0v) is 22.2. The highest BCUT2D eigenvalue weighted by Crippen LogP contribution is 2.55. The van der Waals surface area contributed by atoms with Gasteiger partial charge in [-0.05, 0) is 53.9 Å². The van der Waals surface area contributed by atoms with E-state index in [0.29, 0.717) is 57.4 Å². The summed E-state index contributed by atoms with van der Waals surface area (Å²) in [6.07, 6.45) is 0.808. The molecule has 0 radical (unpaired) electrons. The summed E-state index contributed by atoms with van der Waals surface area (Å²) in [5, 5.41) is 12.8. The van der Waals surface area contributed by atoms with E-state index in [-0.39, 0.29) is 24.9 Å². The molecule has 204 valence electrons. The van der Waals surface area contributed by atoms with Crippen molar-refractivity contribution >= 4 is 11.5 Å². The summed E-state index contributed by atoms with van der Waals surface area (Å²) in [4.78, 5) is 13.6. The van der Waals surface area contributed by atoms with Gasteiger partial charge in [-0.25, -0.2) is 4.79 Å². The molecule has 1 heterocycles. The average Bonchev–Trinajstić information content (AvgIpc) is 3.54. The standard InChI is InChI=1S/C30H30O9/c1-5-12-36-20-7-9-21-23(14-20)30(32,22-10-8-19(34-3)15-25(22)37-16-33-2)28(29(31)35-4)27(21)18-6-11-24-26(13-18)39-17-38-24/h6-11,13-15,32H,5,12,16-17H2,1-4H3. The number of hydrogen-bond donors (Lipinski definition) is 1. The topological polar surface area (TPSA) is 102 Å². The van der Waals surface area contributed by atoms with Crippen LogP contribution in [-0.4, -0.2) is 52.6 Å². The highest BCUT2D eigenvalue weighted by molar-refractivity contribution is 6.08. The average molecular weight is 535 g/mol. The Morgan fingerprint density at radius 3 is 2.46 bits per heavy atom. The van der Waals surface area contributed by atoms with Crippen molar-refractivity contribution in [2.75, 3.05) is 41.5 Å². The molecule has 39 heavy (non-hydrogen) atoms. The van der Waals surface area contributed by atoms with Gasteiger partial charge in [0.05, 0.1) is 26.4 Å². The molecule has 0 saturated carbocycles. The molecule has 0 saturated heterocycles. The van der Waals surface area contributed by atoms with E-state index in [1.807, 2.05) is 25.1 Å². The van der Waals surface area contributed by atoms with Crippen LogP contribution in [0.5, 0.6) is 28.7 Å². The number of carbonyl (C=O) groups is 1. The molecular weight excluding hydrogens is 504 g/mol. The Balaban J connectivity index is 1.81. The summed E-state index contributed by atoms with van der Waals surface area (Å²) in [5.41, 5.74) is 0.574. The number of hydrogen-bond acceptors (Lipinski definition) is 9. The zero-order chi connectivity index (χ0) is 27.6. The quantitative estimate of drug-likeness (QED) is 0.299. The number of rotatable bonds is 10. The summed E-state index contributed by atoms with van der Waals surface area (Å²) in [6.45, 7) is 2.52.